The summed E-state index contributed by atoms with van der Waals surface area (Å²) >= 11 is 6.00. The van der Waals surface area contributed by atoms with E-state index < -0.39 is 16.0 Å². The Bertz CT molecular complexity index is 1080. The van der Waals surface area contributed by atoms with Crippen LogP contribution in [-0.4, -0.2) is 29.3 Å². The number of aromatic nitrogens is 2. The van der Waals surface area contributed by atoms with Crippen molar-refractivity contribution in [1.82, 2.24) is 9.78 Å². The minimum atomic E-state index is -4.03. The minimum absolute atomic E-state index is 0.0775. The number of nitrogens with zero attached hydrogens (tertiary/aromatic N) is 2. The van der Waals surface area contributed by atoms with Gasteiger partial charge in [0.05, 0.1) is 21.8 Å². The molecule has 0 radical (unpaired) electrons. The lowest BCUT2D eigenvalue weighted by Gasteiger charge is -2.14. The molecule has 3 aromatic rings. The van der Waals surface area contributed by atoms with E-state index in [2.05, 4.69) is 9.82 Å². The Morgan fingerprint density at radius 3 is 2.65 bits per heavy atom. The second-order valence-electron chi connectivity index (χ2n) is 5.50. The third-order valence-corrected chi connectivity index (χ3v) is 5.30. The Hall–Kier alpha value is -2.84. The first-order valence-corrected chi connectivity index (χ1v) is 9.30. The molecule has 0 saturated carbocycles. The molecule has 9 heteroatoms. The Labute approximate surface area is 154 Å². The van der Waals surface area contributed by atoms with Gasteiger partial charge in [-0.25, -0.2) is 17.9 Å². The summed E-state index contributed by atoms with van der Waals surface area (Å²) < 4.78 is 29.4. The molecule has 1 heterocycles. The largest absolute Gasteiger partial charge is 0.478 e. The van der Waals surface area contributed by atoms with Crippen LogP contribution in [-0.2, 0) is 10.0 Å². The molecule has 2 N–H and O–H groups in total. The fourth-order valence-electron chi connectivity index (χ4n) is 2.40. The number of carbonyl (C=O) groups is 1. The predicted octanol–water partition coefficient (Wildman–Crippen LogP) is 3.33. The summed E-state index contributed by atoms with van der Waals surface area (Å²) in [4.78, 5) is 11.1. The molecule has 3 rings (SSSR count). The molecule has 134 valence electrons. The van der Waals surface area contributed by atoms with Gasteiger partial charge in [-0.2, -0.15) is 5.10 Å². The lowest BCUT2D eigenvalue weighted by molar-refractivity contribution is 0.0696. The number of carboxylic acids is 1. The monoisotopic (exact) mass is 391 g/mol. The summed E-state index contributed by atoms with van der Waals surface area (Å²) in [6.07, 6.45) is 3.22. The van der Waals surface area contributed by atoms with Crippen LogP contribution in [0.5, 0.6) is 0 Å². The molecule has 0 aliphatic heterocycles. The van der Waals surface area contributed by atoms with Gasteiger partial charge in [-0.15, -0.1) is 0 Å². The fraction of sp³-hybridized carbons (Fsp3) is 0.0588. The summed E-state index contributed by atoms with van der Waals surface area (Å²) in [5.74, 6) is -1.19. The van der Waals surface area contributed by atoms with Crippen LogP contribution in [0, 0.1) is 6.92 Å². The normalized spacial score (nSPS) is 11.3. The van der Waals surface area contributed by atoms with Crippen LogP contribution in [0.15, 0.2) is 59.8 Å². The van der Waals surface area contributed by atoms with Crippen LogP contribution in [0.3, 0.4) is 0 Å². The molecule has 0 unspecified atom stereocenters. The number of hydrogen-bond acceptors (Lipinski definition) is 4. The fourth-order valence-corrected chi connectivity index (χ4v) is 3.67. The summed E-state index contributed by atoms with van der Waals surface area (Å²) in [6.45, 7) is 1.60. The zero-order valence-corrected chi connectivity index (χ0v) is 15.1. The number of anilines is 1. The Balaban J connectivity index is 2.05. The second kappa shape index (κ2) is 6.81. The highest BCUT2D eigenvalue weighted by Gasteiger charge is 2.20. The van der Waals surface area contributed by atoms with Crippen LogP contribution in [0.4, 0.5) is 5.69 Å². The van der Waals surface area contributed by atoms with E-state index in [9.17, 15) is 18.3 Å². The van der Waals surface area contributed by atoms with Gasteiger partial charge in [0.15, 0.2) is 0 Å². The molecular formula is C17H14ClN3O4S. The summed E-state index contributed by atoms with van der Waals surface area (Å²) in [5, 5.41) is 13.6. The molecule has 1 aromatic heterocycles. The van der Waals surface area contributed by atoms with Crippen molar-refractivity contribution in [3.8, 4) is 5.69 Å². The maximum atomic E-state index is 12.7. The smallest absolute Gasteiger partial charge is 0.335 e. The molecular weight excluding hydrogens is 378 g/mol. The quantitative estimate of drug-likeness (QED) is 0.694. The van der Waals surface area contributed by atoms with Crippen molar-refractivity contribution < 1.29 is 18.3 Å². The number of nitrogens with one attached hydrogen (secondary N) is 1. The van der Waals surface area contributed by atoms with Crippen molar-refractivity contribution in [3.63, 3.8) is 0 Å². The molecule has 2 aromatic carbocycles. The average Bonchev–Trinajstić information content (AvgIpc) is 3.08. The zero-order chi connectivity index (χ0) is 18.9. The Morgan fingerprint density at radius 1 is 1.23 bits per heavy atom. The van der Waals surface area contributed by atoms with E-state index >= 15 is 0 Å². The number of benzene rings is 2. The van der Waals surface area contributed by atoms with E-state index in [0.717, 1.165) is 6.07 Å². The van der Waals surface area contributed by atoms with Crippen LogP contribution >= 0.6 is 11.6 Å². The minimum Gasteiger partial charge on any atom is -0.478 e. The topological polar surface area (TPSA) is 101 Å². The van der Waals surface area contributed by atoms with Crippen molar-refractivity contribution in [1.29, 1.82) is 0 Å². The van der Waals surface area contributed by atoms with Crippen molar-refractivity contribution in [2.45, 2.75) is 11.8 Å². The summed E-state index contributed by atoms with van der Waals surface area (Å²) in [6, 6.07) is 10.3. The molecule has 0 saturated heterocycles. The Kier molecular flexibility index (Phi) is 4.71. The van der Waals surface area contributed by atoms with E-state index in [4.69, 9.17) is 11.6 Å². The van der Waals surface area contributed by atoms with Crippen LogP contribution < -0.4 is 4.72 Å². The lowest BCUT2D eigenvalue weighted by atomic mass is 10.1. The van der Waals surface area contributed by atoms with E-state index in [0.29, 0.717) is 16.3 Å². The van der Waals surface area contributed by atoms with Crippen molar-refractivity contribution in [2.24, 2.45) is 0 Å². The van der Waals surface area contributed by atoms with Gasteiger partial charge in [-0.3, -0.25) is 4.72 Å². The highest BCUT2D eigenvalue weighted by molar-refractivity contribution is 7.92. The molecule has 0 atom stereocenters. The molecule has 0 fully saturated rings. The molecule has 0 spiro atoms. The lowest BCUT2D eigenvalue weighted by Crippen LogP contribution is -2.16. The van der Waals surface area contributed by atoms with E-state index in [1.807, 2.05) is 0 Å². The van der Waals surface area contributed by atoms with Gasteiger partial charge in [-0.05, 0) is 48.9 Å². The number of rotatable bonds is 5. The third kappa shape index (κ3) is 3.56. The van der Waals surface area contributed by atoms with Crippen LogP contribution in [0.25, 0.3) is 5.69 Å². The molecule has 0 aliphatic carbocycles. The summed E-state index contributed by atoms with van der Waals surface area (Å²) in [7, 11) is -4.03. The van der Waals surface area contributed by atoms with Gasteiger partial charge in [0.1, 0.15) is 0 Å². The predicted molar refractivity (Wildman–Crippen MR) is 97.5 cm³/mol. The first-order valence-electron chi connectivity index (χ1n) is 7.44. The van der Waals surface area contributed by atoms with Gasteiger partial charge >= 0.3 is 5.97 Å². The number of halogens is 1. The van der Waals surface area contributed by atoms with E-state index in [1.54, 1.807) is 37.5 Å². The Morgan fingerprint density at radius 2 is 2.00 bits per heavy atom. The first kappa shape index (κ1) is 18.0. The van der Waals surface area contributed by atoms with Gasteiger partial charge < -0.3 is 5.11 Å². The number of hydrogen-bond donors (Lipinski definition) is 2. The van der Waals surface area contributed by atoms with Gasteiger partial charge in [0.2, 0.25) is 0 Å². The molecule has 0 amide bonds. The standard InChI is InChI=1S/C17H14ClN3O4S/c1-11-3-5-13(10-14(11)17(22)23)26(24,25)20-15-9-12(18)4-6-16(15)21-8-2-7-19-21/h2-10,20H,1H3,(H,22,23). The van der Waals surface area contributed by atoms with E-state index in [1.165, 1.54) is 22.9 Å². The van der Waals surface area contributed by atoms with Gasteiger partial charge in [-0.1, -0.05) is 17.7 Å². The van der Waals surface area contributed by atoms with Crippen molar-refractivity contribution in [2.75, 3.05) is 4.72 Å². The highest BCUT2D eigenvalue weighted by atomic mass is 35.5. The number of sulfonamides is 1. The SMILES string of the molecule is Cc1ccc(S(=O)(=O)Nc2cc(Cl)ccc2-n2cccn2)cc1C(=O)O. The number of carboxylic acid groups (broad SMARTS) is 1. The van der Waals surface area contributed by atoms with Crippen molar-refractivity contribution in [3.05, 3.63) is 71.0 Å². The highest BCUT2D eigenvalue weighted by Crippen LogP contribution is 2.27. The van der Waals surface area contributed by atoms with Gasteiger partial charge in [0, 0.05) is 17.4 Å². The molecule has 0 aliphatic rings. The van der Waals surface area contributed by atoms with Gasteiger partial charge in [0.25, 0.3) is 10.0 Å². The molecule has 0 bridgehead atoms. The third-order valence-electron chi connectivity index (χ3n) is 3.70. The first-order chi connectivity index (χ1) is 12.3. The molecule has 26 heavy (non-hydrogen) atoms. The number of aryl methyl sites for hydroxylation is 1. The van der Waals surface area contributed by atoms with Crippen LogP contribution in [0.2, 0.25) is 5.02 Å². The zero-order valence-electron chi connectivity index (χ0n) is 13.5. The summed E-state index contributed by atoms with van der Waals surface area (Å²) in [5.41, 5.74) is 1.09. The van der Waals surface area contributed by atoms with Crippen molar-refractivity contribution >= 4 is 33.3 Å². The maximum Gasteiger partial charge on any atom is 0.335 e. The average molecular weight is 392 g/mol. The van der Waals surface area contributed by atoms with Crippen LogP contribution in [0.1, 0.15) is 15.9 Å². The number of aromatic carboxylic acids is 1. The second-order valence-corrected chi connectivity index (χ2v) is 7.62. The molecule has 7 nitrogen and oxygen atoms in total. The van der Waals surface area contributed by atoms with E-state index in [-0.39, 0.29) is 16.1 Å². The maximum absolute atomic E-state index is 12.7.